The lowest BCUT2D eigenvalue weighted by Crippen LogP contribution is -2.22. The second-order valence-corrected chi connectivity index (χ2v) is 6.02. The van der Waals surface area contributed by atoms with Crippen LogP contribution in [0.1, 0.15) is 36.6 Å². The summed E-state index contributed by atoms with van der Waals surface area (Å²) in [6, 6.07) is 15.0. The Labute approximate surface area is 134 Å². The van der Waals surface area contributed by atoms with Gasteiger partial charge in [-0.3, -0.25) is 0 Å². The monoisotopic (exact) mass is 351 g/mol. The van der Waals surface area contributed by atoms with Crippen LogP contribution in [0, 0.1) is 0 Å². The van der Waals surface area contributed by atoms with Crippen molar-refractivity contribution in [3.8, 4) is 0 Å². The Bertz CT molecular complexity index is 583. The van der Waals surface area contributed by atoms with Gasteiger partial charge in [0.25, 0.3) is 0 Å². The summed E-state index contributed by atoms with van der Waals surface area (Å²) in [7, 11) is 0. The lowest BCUT2D eigenvalue weighted by atomic mass is 9.96. The molecule has 2 aromatic rings. The Morgan fingerprint density at radius 3 is 2.50 bits per heavy atom. The molecule has 0 saturated carbocycles. The normalized spacial score (nSPS) is 12.4. The van der Waals surface area contributed by atoms with Gasteiger partial charge in [-0.2, -0.15) is 0 Å². The molecule has 0 radical (unpaired) electrons. The van der Waals surface area contributed by atoms with Crippen LogP contribution in [0.3, 0.4) is 0 Å². The largest absolute Gasteiger partial charge is 0.307 e. The predicted octanol–water partition coefficient (Wildman–Crippen LogP) is 5.36. The van der Waals surface area contributed by atoms with E-state index in [1.165, 1.54) is 16.7 Å². The molecule has 1 atom stereocenters. The van der Waals surface area contributed by atoms with Gasteiger partial charge in [-0.15, -0.1) is 0 Å². The molecule has 2 aromatic carbocycles. The molecule has 0 aliphatic carbocycles. The molecule has 20 heavy (non-hydrogen) atoms. The van der Waals surface area contributed by atoms with E-state index in [4.69, 9.17) is 11.6 Å². The maximum atomic E-state index is 6.23. The number of hydrogen-bond acceptors (Lipinski definition) is 1. The van der Waals surface area contributed by atoms with Gasteiger partial charge in [0.05, 0.1) is 11.1 Å². The highest BCUT2D eigenvalue weighted by molar-refractivity contribution is 9.10. The molecular weight excluding hydrogens is 334 g/mol. The van der Waals surface area contributed by atoms with Crippen molar-refractivity contribution in [1.29, 1.82) is 0 Å². The fourth-order valence-electron chi connectivity index (χ4n) is 2.32. The number of rotatable bonds is 5. The highest BCUT2D eigenvalue weighted by atomic mass is 79.9. The first kappa shape index (κ1) is 15.6. The molecule has 0 aromatic heterocycles. The Morgan fingerprint density at radius 2 is 1.85 bits per heavy atom. The van der Waals surface area contributed by atoms with E-state index in [2.05, 4.69) is 65.4 Å². The smallest absolute Gasteiger partial charge is 0.0577 e. The zero-order chi connectivity index (χ0) is 14.5. The van der Waals surface area contributed by atoms with Crippen LogP contribution in [0.4, 0.5) is 0 Å². The lowest BCUT2D eigenvalue weighted by molar-refractivity contribution is 0.630. The second kappa shape index (κ2) is 7.26. The molecule has 0 saturated heterocycles. The molecule has 0 bridgehead atoms. The first-order chi connectivity index (χ1) is 9.65. The minimum Gasteiger partial charge on any atom is -0.307 e. The van der Waals surface area contributed by atoms with Crippen molar-refractivity contribution in [1.82, 2.24) is 5.32 Å². The molecule has 106 valence electrons. The Balaban J connectivity index is 2.41. The van der Waals surface area contributed by atoms with E-state index in [1.807, 2.05) is 12.1 Å². The Kier molecular flexibility index (Phi) is 5.64. The molecule has 0 heterocycles. The number of aryl methyl sites for hydroxylation is 1. The third-order valence-electron chi connectivity index (χ3n) is 3.38. The van der Waals surface area contributed by atoms with Gasteiger partial charge in [0, 0.05) is 4.47 Å². The molecule has 0 amide bonds. The first-order valence-electron chi connectivity index (χ1n) is 6.92. The number of hydrogen-bond donors (Lipinski definition) is 1. The fraction of sp³-hybridized carbons (Fsp3) is 0.294. The Hall–Kier alpha value is -0.830. The summed E-state index contributed by atoms with van der Waals surface area (Å²) in [6.07, 6.45) is 1.05. The molecule has 0 fully saturated rings. The molecule has 0 spiro atoms. The second-order valence-electron chi connectivity index (χ2n) is 4.76. The van der Waals surface area contributed by atoms with E-state index in [1.54, 1.807) is 0 Å². The van der Waals surface area contributed by atoms with Crippen LogP contribution in [0.25, 0.3) is 0 Å². The van der Waals surface area contributed by atoms with E-state index < -0.39 is 0 Å². The van der Waals surface area contributed by atoms with E-state index in [0.29, 0.717) is 0 Å². The maximum absolute atomic E-state index is 6.23. The van der Waals surface area contributed by atoms with Gasteiger partial charge < -0.3 is 5.32 Å². The lowest BCUT2D eigenvalue weighted by Gasteiger charge is -2.20. The van der Waals surface area contributed by atoms with Crippen molar-refractivity contribution < 1.29 is 0 Å². The topological polar surface area (TPSA) is 12.0 Å². The van der Waals surface area contributed by atoms with E-state index in [-0.39, 0.29) is 6.04 Å². The van der Waals surface area contributed by atoms with Gasteiger partial charge in [0.2, 0.25) is 0 Å². The minimum absolute atomic E-state index is 0.178. The summed E-state index contributed by atoms with van der Waals surface area (Å²) in [4.78, 5) is 0. The number of halogens is 2. The predicted molar refractivity (Wildman–Crippen MR) is 90.5 cm³/mol. The molecule has 0 aliphatic heterocycles. The SMILES string of the molecule is CCNC(c1cccc(CC)c1)c1ccc(Br)c(Cl)c1. The zero-order valence-corrected chi connectivity index (χ0v) is 14.1. The van der Waals surface area contributed by atoms with Gasteiger partial charge in [-0.05, 0) is 57.7 Å². The summed E-state index contributed by atoms with van der Waals surface area (Å²) in [5, 5.41) is 4.29. The molecule has 1 unspecified atom stereocenters. The van der Waals surface area contributed by atoms with Crippen molar-refractivity contribution >= 4 is 27.5 Å². The van der Waals surface area contributed by atoms with Crippen LogP contribution in [0.2, 0.25) is 5.02 Å². The average molecular weight is 353 g/mol. The molecular formula is C17H19BrClN. The summed E-state index contributed by atoms with van der Waals surface area (Å²) in [5.74, 6) is 0. The van der Waals surface area contributed by atoms with Gasteiger partial charge in [0.1, 0.15) is 0 Å². The van der Waals surface area contributed by atoms with E-state index in [0.717, 1.165) is 22.5 Å². The molecule has 3 heteroatoms. The Morgan fingerprint density at radius 1 is 1.10 bits per heavy atom. The highest BCUT2D eigenvalue weighted by Crippen LogP contribution is 2.29. The standard InChI is InChI=1S/C17H19BrClN/c1-3-12-6-5-7-13(10-12)17(20-4-2)14-8-9-15(18)16(19)11-14/h5-11,17,20H,3-4H2,1-2H3. The van der Waals surface area contributed by atoms with Crippen molar-refractivity contribution in [2.45, 2.75) is 26.3 Å². The summed E-state index contributed by atoms with van der Waals surface area (Å²) in [6.45, 7) is 5.21. The van der Waals surface area contributed by atoms with Crippen LogP contribution in [0.5, 0.6) is 0 Å². The van der Waals surface area contributed by atoms with E-state index >= 15 is 0 Å². The summed E-state index contributed by atoms with van der Waals surface area (Å²) in [5.41, 5.74) is 3.83. The zero-order valence-electron chi connectivity index (χ0n) is 11.8. The molecule has 1 nitrogen and oxygen atoms in total. The minimum atomic E-state index is 0.178. The molecule has 2 rings (SSSR count). The van der Waals surface area contributed by atoms with Crippen LogP contribution >= 0.6 is 27.5 Å². The van der Waals surface area contributed by atoms with Gasteiger partial charge in [-0.1, -0.05) is 55.8 Å². The van der Waals surface area contributed by atoms with Crippen LogP contribution in [-0.2, 0) is 6.42 Å². The fourth-order valence-corrected chi connectivity index (χ4v) is 2.75. The summed E-state index contributed by atoms with van der Waals surface area (Å²) < 4.78 is 0.931. The number of nitrogens with one attached hydrogen (secondary N) is 1. The summed E-state index contributed by atoms with van der Waals surface area (Å²) >= 11 is 9.67. The highest BCUT2D eigenvalue weighted by Gasteiger charge is 2.14. The van der Waals surface area contributed by atoms with Crippen LogP contribution < -0.4 is 5.32 Å². The van der Waals surface area contributed by atoms with Gasteiger partial charge in [-0.25, -0.2) is 0 Å². The van der Waals surface area contributed by atoms with Crippen LogP contribution in [0.15, 0.2) is 46.9 Å². The van der Waals surface area contributed by atoms with Crippen molar-refractivity contribution in [3.63, 3.8) is 0 Å². The van der Waals surface area contributed by atoms with Gasteiger partial charge in [0.15, 0.2) is 0 Å². The molecule has 1 N–H and O–H groups in total. The van der Waals surface area contributed by atoms with Crippen molar-refractivity contribution in [2.75, 3.05) is 6.54 Å². The van der Waals surface area contributed by atoms with Gasteiger partial charge >= 0.3 is 0 Å². The van der Waals surface area contributed by atoms with Crippen molar-refractivity contribution in [3.05, 3.63) is 68.7 Å². The quantitative estimate of drug-likeness (QED) is 0.763. The maximum Gasteiger partial charge on any atom is 0.0577 e. The third kappa shape index (κ3) is 3.63. The first-order valence-corrected chi connectivity index (χ1v) is 8.10. The van der Waals surface area contributed by atoms with E-state index in [9.17, 15) is 0 Å². The average Bonchev–Trinajstić information content (AvgIpc) is 2.48. The molecule has 0 aliphatic rings. The third-order valence-corrected chi connectivity index (χ3v) is 4.61. The van der Waals surface area contributed by atoms with Crippen LogP contribution in [-0.4, -0.2) is 6.54 Å². The van der Waals surface area contributed by atoms with Crippen molar-refractivity contribution in [2.24, 2.45) is 0 Å². The number of benzene rings is 2.